The van der Waals surface area contributed by atoms with Gasteiger partial charge in [-0.3, -0.25) is 9.67 Å². The number of hydrogen-bond acceptors (Lipinski definition) is 6. The van der Waals surface area contributed by atoms with Crippen LogP contribution in [0.25, 0.3) is 28.0 Å². The molecule has 5 heterocycles. The van der Waals surface area contributed by atoms with Gasteiger partial charge in [0.05, 0.1) is 23.6 Å². The van der Waals surface area contributed by atoms with E-state index in [9.17, 15) is 0 Å². The van der Waals surface area contributed by atoms with Crippen molar-refractivity contribution in [2.24, 2.45) is 0 Å². The van der Waals surface area contributed by atoms with Gasteiger partial charge in [-0.15, -0.1) is 0 Å². The van der Waals surface area contributed by atoms with E-state index in [2.05, 4.69) is 58.3 Å². The summed E-state index contributed by atoms with van der Waals surface area (Å²) in [7, 11) is 0. The highest BCUT2D eigenvalue weighted by Crippen LogP contribution is 2.25. The highest BCUT2D eigenvalue weighted by Gasteiger charge is 2.26. The number of fused-ring (bicyclic) bond motifs is 1. The van der Waals surface area contributed by atoms with Gasteiger partial charge < -0.3 is 10.2 Å². The van der Waals surface area contributed by atoms with Crippen LogP contribution in [0.3, 0.4) is 0 Å². The summed E-state index contributed by atoms with van der Waals surface area (Å²) in [4.78, 5) is 11.9. The molecule has 4 aromatic heterocycles. The topological polar surface area (TPSA) is 76.7 Å². The maximum absolute atomic E-state index is 4.94. The maximum atomic E-state index is 4.94. The van der Waals surface area contributed by atoms with E-state index in [1.807, 2.05) is 46.3 Å². The summed E-state index contributed by atoms with van der Waals surface area (Å²) in [6, 6.07) is 8.18. The molecule has 1 aliphatic heterocycles. The number of pyridine rings is 2. The minimum Gasteiger partial charge on any atom is -0.353 e. The van der Waals surface area contributed by atoms with Crippen molar-refractivity contribution < 1.29 is 0 Å². The first-order chi connectivity index (χ1) is 14.5. The minimum atomic E-state index is 0.0673. The van der Waals surface area contributed by atoms with E-state index in [1.165, 1.54) is 0 Å². The molecule has 1 fully saturated rings. The van der Waals surface area contributed by atoms with E-state index < -0.39 is 0 Å². The van der Waals surface area contributed by atoms with Crippen LogP contribution in [0, 0.1) is 0 Å². The fraction of sp³-hybridized carbons (Fsp3) is 0.364. The average molecular weight is 403 g/mol. The molecule has 8 nitrogen and oxygen atoms in total. The zero-order valence-electron chi connectivity index (χ0n) is 17.6. The molecule has 0 radical (unpaired) electrons. The van der Waals surface area contributed by atoms with Crippen LogP contribution < -0.4 is 10.2 Å². The standard InChI is InChI=1S/C22H26N8/c1-4-29-14-17(13-25-29)18-10-19-16(11-23-18)12-26-30(19)21-7-5-6-20(27-21)28-9-8-24-22(2,3)15-28/h5-7,10-14,24H,4,8-9,15H2,1-3H3. The SMILES string of the molecule is CCn1cc(-c2cc3c(cn2)cnn3-c2cccc(N3CCNC(C)(C)C3)n2)cn1. The van der Waals surface area contributed by atoms with Gasteiger partial charge in [-0.1, -0.05) is 6.07 Å². The van der Waals surface area contributed by atoms with Gasteiger partial charge in [-0.2, -0.15) is 10.2 Å². The monoisotopic (exact) mass is 402 g/mol. The van der Waals surface area contributed by atoms with Crippen molar-refractivity contribution in [2.75, 3.05) is 24.5 Å². The van der Waals surface area contributed by atoms with Crippen molar-refractivity contribution in [1.82, 2.24) is 34.8 Å². The lowest BCUT2D eigenvalue weighted by Gasteiger charge is -2.39. The molecule has 0 unspecified atom stereocenters. The number of piperazine rings is 1. The van der Waals surface area contributed by atoms with Crippen LogP contribution >= 0.6 is 0 Å². The molecule has 0 bridgehead atoms. The third-order valence-electron chi connectivity index (χ3n) is 5.54. The fourth-order valence-corrected chi connectivity index (χ4v) is 3.97. The number of nitrogens with zero attached hydrogens (tertiary/aromatic N) is 7. The van der Waals surface area contributed by atoms with Crippen LogP contribution in [-0.4, -0.2) is 54.7 Å². The van der Waals surface area contributed by atoms with Crippen LogP contribution in [0.1, 0.15) is 20.8 Å². The van der Waals surface area contributed by atoms with E-state index in [0.29, 0.717) is 0 Å². The van der Waals surface area contributed by atoms with Gasteiger partial charge in [-0.25, -0.2) is 9.67 Å². The molecule has 4 aromatic rings. The molecule has 0 saturated carbocycles. The Morgan fingerprint density at radius 2 is 1.97 bits per heavy atom. The van der Waals surface area contributed by atoms with Gasteiger partial charge in [0.15, 0.2) is 5.82 Å². The minimum absolute atomic E-state index is 0.0673. The Morgan fingerprint density at radius 3 is 2.77 bits per heavy atom. The summed E-state index contributed by atoms with van der Waals surface area (Å²) < 4.78 is 3.79. The van der Waals surface area contributed by atoms with Crippen LogP contribution in [-0.2, 0) is 6.54 Å². The number of aromatic nitrogens is 6. The highest BCUT2D eigenvalue weighted by molar-refractivity contribution is 5.83. The summed E-state index contributed by atoms with van der Waals surface area (Å²) >= 11 is 0. The third kappa shape index (κ3) is 3.43. The summed E-state index contributed by atoms with van der Waals surface area (Å²) in [6.07, 6.45) is 7.56. The van der Waals surface area contributed by atoms with Gasteiger partial charge in [-0.05, 0) is 39.0 Å². The lowest BCUT2D eigenvalue weighted by Crippen LogP contribution is -2.57. The average Bonchev–Trinajstić information content (AvgIpc) is 3.40. The molecule has 1 aliphatic rings. The van der Waals surface area contributed by atoms with E-state index in [1.54, 1.807) is 0 Å². The van der Waals surface area contributed by atoms with Crippen LogP contribution in [0.5, 0.6) is 0 Å². The molecule has 8 heteroatoms. The third-order valence-corrected chi connectivity index (χ3v) is 5.54. The molecule has 0 amide bonds. The molecule has 30 heavy (non-hydrogen) atoms. The number of nitrogens with one attached hydrogen (secondary N) is 1. The zero-order valence-corrected chi connectivity index (χ0v) is 17.6. The summed E-state index contributed by atoms with van der Waals surface area (Å²) in [6.45, 7) is 10.1. The first kappa shape index (κ1) is 18.7. The smallest absolute Gasteiger partial charge is 0.156 e. The summed E-state index contributed by atoms with van der Waals surface area (Å²) in [5, 5.41) is 13.5. The predicted octanol–water partition coefficient (Wildman–Crippen LogP) is 2.89. The second-order valence-electron chi connectivity index (χ2n) is 8.36. The fourth-order valence-electron chi connectivity index (χ4n) is 3.97. The largest absolute Gasteiger partial charge is 0.353 e. The van der Waals surface area contributed by atoms with Gasteiger partial charge in [0.25, 0.3) is 0 Å². The first-order valence-corrected chi connectivity index (χ1v) is 10.4. The zero-order chi connectivity index (χ0) is 20.7. The second-order valence-corrected chi connectivity index (χ2v) is 8.36. The quantitative estimate of drug-likeness (QED) is 0.566. The molecule has 0 spiro atoms. The molecule has 1 saturated heterocycles. The Labute approximate surface area is 175 Å². The van der Waals surface area contributed by atoms with E-state index in [-0.39, 0.29) is 5.54 Å². The van der Waals surface area contributed by atoms with Crippen molar-refractivity contribution in [2.45, 2.75) is 32.9 Å². The lowest BCUT2D eigenvalue weighted by atomic mass is 10.0. The second kappa shape index (κ2) is 7.21. The van der Waals surface area contributed by atoms with E-state index >= 15 is 0 Å². The predicted molar refractivity (Wildman–Crippen MR) is 118 cm³/mol. The van der Waals surface area contributed by atoms with Crippen molar-refractivity contribution in [3.8, 4) is 17.1 Å². The molecular weight excluding hydrogens is 376 g/mol. The van der Waals surface area contributed by atoms with Crippen LogP contribution in [0.4, 0.5) is 5.82 Å². The molecule has 154 valence electrons. The summed E-state index contributed by atoms with van der Waals surface area (Å²) in [5.41, 5.74) is 2.92. The Morgan fingerprint density at radius 1 is 1.10 bits per heavy atom. The van der Waals surface area contributed by atoms with Gasteiger partial charge in [0, 0.05) is 55.1 Å². The highest BCUT2D eigenvalue weighted by atomic mass is 15.3. The molecule has 0 aromatic carbocycles. The number of aryl methyl sites for hydroxylation is 1. The molecule has 0 aliphatic carbocycles. The Hall–Kier alpha value is -3.26. The normalized spacial score (nSPS) is 16.3. The number of hydrogen-bond donors (Lipinski definition) is 1. The maximum Gasteiger partial charge on any atom is 0.156 e. The molecule has 1 N–H and O–H groups in total. The van der Waals surface area contributed by atoms with Gasteiger partial charge >= 0.3 is 0 Å². The van der Waals surface area contributed by atoms with E-state index in [4.69, 9.17) is 4.98 Å². The number of rotatable bonds is 4. The number of anilines is 1. The van der Waals surface area contributed by atoms with Gasteiger partial charge in [0.1, 0.15) is 5.82 Å². The van der Waals surface area contributed by atoms with Crippen molar-refractivity contribution in [3.05, 3.63) is 49.1 Å². The lowest BCUT2D eigenvalue weighted by molar-refractivity contribution is 0.351. The van der Waals surface area contributed by atoms with Crippen molar-refractivity contribution >= 4 is 16.7 Å². The molecule has 0 atom stereocenters. The molecule has 5 rings (SSSR count). The Kier molecular flexibility index (Phi) is 4.51. The van der Waals surface area contributed by atoms with Crippen molar-refractivity contribution in [3.63, 3.8) is 0 Å². The van der Waals surface area contributed by atoms with Crippen LogP contribution in [0.2, 0.25) is 0 Å². The Balaban J connectivity index is 1.52. The Bertz CT molecular complexity index is 1190. The summed E-state index contributed by atoms with van der Waals surface area (Å²) in [5.74, 6) is 1.78. The van der Waals surface area contributed by atoms with Crippen molar-refractivity contribution in [1.29, 1.82) is 0 Å². The van der Waals surface area contributed by atoms with Crippen LogP contribution in [0.15, 0.2) is 49.1 Å². The first-order valence-electron chi connectivity index (χ1n) is 10.4. The van der Waals surface area contributed by atoms with E-state index in [0.717, 1.165) is 60.0 Å². The van der Waals surface area contributed by atoms with Gasteiger partial charge in [0.2, 0.25) is 0 Å². The molecular formula is C22H26N8.